The average Bonchev–Trinajstić information content (AvgIpc) is 2.71. The first-order chi connectivity index (χ1) is 13.2. The van der Waals surface area contributed by atoms with Crippen molar-refractivity contribution in [2.24, 2.45) is 11.3 Å². The van der Waals surface area contributed by atoms with Crippen LogP contribution in [0.2, 0.25) is 0 Å². The number of ketones is 2. The molecule has 0 radical (unpaired) electrons. The molecule has 7 nitrogen and oxygen atoms in total. The standard InChI is InChI=1S/C21H24O7/c1-12(19(25)15-7-5-13(27-3)9-17(15)23)21(2,11-22)20(26)16-8-6-14(28-4)10-18(16)24/h5-10,12,22-24H,11H2,1-4H3/t12-,21+/m0/s1. The summed E-state index contributed by atoms with van der Waals surface area (Å²) in [4.78, 5) is 26.0. The molecule has 0 saturated heterocycles. The molecule has 2 rings (SSSR count). The molecule has 0 heterocycles. The molecule has 0 bridgehead atoms. The number of phenolic OH excluding ortho intramolecular Hbond substituents is 2. The summed E-state index contributed by atoms with van der Waals surface area (Å²) in [7, 11) is 2.86. The van der Waals surface area contributed by atoms with Crippen molar-refractivity contribution in [3.05, 3.63) is 47.5 Å². The van der Waals surface area contributed by atoms with Crippen LogP contribution in [-0.2, 0) is 0 Å². The van der Waals surface area contributed by atoms with Gasteiger partial charge in [-0.05, 0) is 31.2 Å². The highest BCUT2D eigenvalue weighted by Crippen LogP contribution is 2.38. The Hall–Kier alpha value is -3.06. The molecule has 3 N–H and O–H groups in total. The van der Waals surface area contributed by atoms with Crippen LogP contribution in [0.1, 0.15) is 34.6 Å². The Labute approximate surface area is 163 Å². The zero-order valence-corrected chi connectivity index (χ0v) is 16.2. The zero-order valence-electron chi connectivity index (χ0n) is 16.2. The van der Waals surface area contributed by atoms with E-state index in [0.29, 0.717) is 11.5 Å². The lowest BCUT2D eigenvalue weighted by Crippen LogP contribution is -2.42. The quantitative estimate of drug-likeness (QED) is 0.596. The molecule has 0 fully saturated rings. The maximum absolute atomic E-state index is 13.1. The highest BCUT2D eigenvalue weighted by atomic mass is 16.5. The Morgan fingerprint density at radius 3 is 1.82 bits per heavy atom. The summed E-state index contributed by atoms with van der Waals surface area (Å²) >= 11 is 0. The fraction of sp³-hybridized carbons (Fsp3) is 0.333. The van der Waals surface area contributed by atoms with Gasteiger partial charge in [0, 0.05) is 18.1 Å². The van der Waals surface area contributed by atoms with Gasteiger partial charge in [0.25, 0.3) is 0 Å². The van der Waals surface area contributed by atoms with E-state index < -0.39 is 29.5 Å². The Morgan fingerprint density at radius 1 is 0.964 bits per heavy atom. The van der Waals surface area contributed by atoms with Crippen LogP contribution in [0.5, 0.6) is 23.0 Å². The lowest BCUT2D eigenvalue weighted by molar-refractivity contribution is 0.0466. The summed E-state index contributed by atoms with van der Waals surface area (Å²) in [5.41, 5.74) is -1.54. The third-order valence-corrected chi connectivity index (χ3v) is 5.12. The highest BCUT2D eigenvalue weighted by Gasteiger charge is 2.44. The number of phenols is 2. The Morgan fingerprint density at radius 2 is 1.43 bits per heavy atom. The van der Waals surface area contributed by atoms with Crippen molar-refractivity contribution in [1.82, 2.24) is 0 Å². The molecule has 0 aliphatic heterocycles. The van der Waals surface area contributed by atoms with Gasteiger partial charge in [-0.15, -0.1) is 0 Å². The van der Waals surface area contributed by atoms with Crippen molar-refractivity contribution in [2.45, 2.75) is 13.8 Å². The Kier molecular flexibility index (Phi) is 6.30. The van der Waals surface area contributed by atoms with Crippen molar-refractivity contribution in [1.29, 1.82) is 0 Å². The van der Waals surface area contributed by atoms with Gasteiger partial charge in [0.2, 0.25) is 0 Å². The van der Waals surface area contributed by atoms with E-state index >= 15 is 0 Å². The van der Waals surface area contributed by atoms with Gasteiger partial charge in [-0.1, -0.05) is 6.92 Å². The van der Waals surface area contributed by atoms with Crippen LogP contribution >= 0.6 is 0 Å². The van der Waals surface area contributed by atoms with Crippen molar-refractivity contribution in [3.63, 3.8) is 0 Å². The number of carbonyl (C=O) groups excluding carboxylic acids is 2. The molecule has 2 aromatic rings. The van der Waals surface area contributed by atoms with Crippen LogP contribution in [0, 0.1) is 11.3 Å². The molecule has 0 unspecified atom stereocenters. The monoisotopic (exact) mass is 388 g/mol. The maximum atomic E-state index is 13.1. The molecular weight excluding hydrogens is 364 g/mol. The molecule has 0 aliphatic rings. The first kappa shape index (κ1) is 21.2. The van der Waals surface area contributed by atoms with Gasteiger partial charge in [0.1, 0.15) is 23.0 Å². The second-order valence-electron chi connectivity index (χ2n) is 6.76. The van der Waals surface area contributed by atoms with Crippen molar-refractivity contribution in [3.8, 4) is 23.0 Å². The minimum atomic E-state index is -1.52. The lowest BCUT2D eigenvalue weighted by atomic mass is 9.70. The predicted octanol–water partition coefficient (Wildman–Crippen LogP) is 2.82. The predicted molar refractivity (Wildman–Crippen MR) is 102 cm³/mol. The molecular formula is C21H24O7. The molecule has 28 heavy (non-hydrogen) atoms. The van der Waals surface area contributed by atoms with Crippen LogP contribution in [-0.4, -0.2) is 47.7 Å². The minimum Gasteiger partial charge on any atom is -0.507 e. The SMILES string of the molecule is COc1ccc(C(=O)[C@H](C)[C@@](C)(CO)C(=O)c2ccc(OC)cc2O)c(O)c1. The van der Waals surface area contributed by atoms with E-state index in [1.165, 1.54) is 64.5 Å². The van der Waals surface area contributed by atoms with Gasteiger partial charge in [-0.25, -0.2) is 0 Å². The largest absolute Gasteiger partial charge is 0.507 e. The fourth-order valence-corrected chi connectivity index (χ4v) is 2.91. The molecule has 0 aliphatic carbocycles. The maximum Gasteiger partial charge on any atom is 0.175 e. The average molecular weight is 388 g/mol. The fourth-order valence-electron chi connectivity index (χ4n) is 2.91. The summed E-state index contributed by atoms with van der Waals surface area (Å²) in [6.07, 6.45) is 0. The molecule has 0 amide bonds. The Bertz CT molecular complexity index is 890. The third kappa shape index (κ3) is 3.80. The number of aliphatic hydroxyl groups is 1. The van der Waals surface area contributed by atoms with Gasteiger partial charge in [0.05, 0.1) is 37.4 Å². The number of carbonyl (C=O) groups is 2. The van der Waals surface area contributed by atoms with Gasteiger partial charge >= 0.3 is 0 Å². The summed E-state index contributed by atoms with van der Waals surface area (Å²) in [6, 6.07) is 8.40. The van der Waals surface area contributed by atoms with Crippen molar-refractivity contribution in [2.75, 3.05) is 20.8 Å². The second-order valence-corrected chi connectivity index (χ2v) is 6.76. The third-order valence-electron chi connectivity index (χ3n) is 5.12. The van der Waals surface area contributed by atoms with Gasteiger partial charge in [0.15, 0.2) is 11.6 Å². The minimum absolute atomic E-state index is 0.0136. The molecule has 0 aromatic heterocycles. The number of hydrogen-bond donors (Lipinski definition) is 3. The molecule has 2 atom stereocenters. The van der Waals surface area contributed by atoms with E-state index in [0.717, 1.165) is 0 Å². The van der Waals surface area contributed by atoms with E-state index in [4.69, 9.17) is 9.47 Å². The van der Waals surface area contributed by atoms with E-state index in [9.17, 15) is 24.9 Å². The second kappa shape index (κ2) is 8.31. The van der Waals surface area contributed by atoms with E-state index in [1.807, 2.05) is 0 Å². The first-order valence-corrected chi connectivity index (χ1v) is 8.63. The zero-order chi connectivity index (χ0) is 21.1. The van der Waals surface area contributed by atoms with Gasteiger partial charge < -0.3 is 24.8 Å². The first-order valence-electron chi connectivity index (χ1n) is 8.63. The number of rotatable bonds is 8. The molecule has 7 heteroatoms. The summed E-state index contributed by atoms with van der Waals surface area (Å²) in [6.45, 7) is 2.32. The van der Waals surface area contributed by atoms with E-state index in [-0.39, 0.29) is 22.6 Å². The summed E-state index contributed by atoms with van der Waals surface area (Å²) in [5.74, 6) is -1.93. The number of methoxy groups -OCH3 is 2. The van der Waals surface area contributed by atoms with Crippen LogP contribution in [0.4, 0.5) is 0 Å². The van der Waals surface area contributed by atoms with E-state index in [2.05, 4.69) is 0 Å². The van der Waals surface area contributed by atoms with Crippen molar-refractivity contribution >= 4 is 11.6 Å². The number of Topliss-reactive ketones (excluding diaryl/α,β-unsaturated/α-hetero) is 2. The number of benzene rings is 2. The Balaban J connectivity index is 2.41. The van der Waals surface area contributed by atoms with Crippen LogP contribution in [0.25, 0.3) is 0 Å². The molecule has 0 saturated carbocycles. The summed E-state index contributed by atoms with van der Waals surface area (Å²) < 4.78 is 10.0. The van der Waals surface area contributed by atoms with Crippen molar-refractivity contribution < 1.29 is 34.4 Å². The number of hydrogen-bond acceptors (Lipinski definition) is 7. The van der Waals surface area contributed by atoms with Crippen LogP contribution in [0.15, 0.2) is 36.4 Å². The number of ether oxygens (including phenoxy) is 2. The molecule has 150 valence electrons. The smallest absolute Gasteiger partial charge is 0.175 e. The normalized spacial score (nSPS) is 14.0. The number of aromatic hydroxyl groups is 2. The van der Waals surface area contributed by atoms with Gasteiger partial charge in [-0.2, -0.15) is 0 Å². The highest BCUT2D eigenvalue weighted by molar-refractivity contribution is 6.08. The molecule has 0 spiro atoms. The topological polar surface area (TPSA) is 113 Å². The van der Waals surface area contributed by atoms with E-state index in [1.54, 1.807) is 0 Å². The summed E-state index contributed by atoms with van der Waals surface area (Å²) in [5, 5.41) is 30.3. The van der Waals surface area contributed by atoms with Crippen LogP contribution in [0.3, 0.4) is 0 Å². The van der Waals surface area contributed by atoms with Gasteiger partial charge in [-0.3, -0.25) is 9.59 Å². The lowest BCUT2D eigenvalue weighted by Gasteiger charge is -2.32. The molecule has 2 aromatic carbocycles. The van der Waals surface area contributed by atoms with Crippen LogP contribution < -0.4 is 9.47 Å². The number of aliphatic hydroxyl groups excluding tert-OH is 1.